The van der Waals surface area contributed by atoms with E-state index in [-0.39, 0.29) is 11.7 Å². The molecule has 1 fully saturated rings. The maximum absolute atomic E-state index is 11.1. The number of sulfone groups is 1. The Morgan fingerprint density at radius 1 is 1.38 bits per heavy atom. The lowest BCUT2D eigenvalue weighted by molar-refractivity contribution is 0.264. The molecule has 3 N–H and O–H groups in total. The predicted molar refractivity (Wildman–Crippen MR) is 49.0 cm³/mol. The summed E-state index contributed by atoms with van der Waals surface area (Å²) in [6.45, 7) is 1.64. The molecule has 1 saturated heterocycles. The van der Waals surface area contributed by atoms with Crippen molar-refractivity contribution >= 4 is 15.1 Å². The summed E-state index contributed by atoms with van der Waals surface area (Å²) in [5, 5.41) is 1.92. The van der Waals surface area contributed by atoms with Crippen LogP contribution in [0, 0.1) is 5.92 Å². The Balaban J connectivity index is 2.52. The molecule has 0 radical (unpaired) electrons. The molecular weight excluding hydrogens is 192 g/mol. The first-order valence-corrected chi connectivity index (χ1v) is 5.90. The molecule has 1 aliphatic rings. The number of primary amides is 1. The van der Waals surface area contributed by atoms with Crippen molar-refractivity contribution in [2.24, 2.45) is 11.7 Å². The smallest absolute Gasteiger partial charge is 0.333 e. The lowest BCUT2D eigenvalue weighted by Gasteiger charge is -2.21. The minimum absolute atomic E-state index is 0.0822. The fourth-order valence-corrected chi connectivity index (χ4v) is 2.56. The van der Waals surface area contributed by atoms with Gasteiger partial charge < -0.3 is 11.1 Å². The van der Waals surface area contributed by atoms with Crippen LogP contribution in [0.2, 0.25) is 0 Å². The van der Waals surface area contributed by atoms with Gasteiger partial charge in [-0.15, -0.1) is 0 Å². The van der Waals surface area contributed by atoms with Gasteiger partial charge in [-0.2, -0.15) is 0 Å². The number of carbonyl (C=O) groups excluding carboxylic acids is 1. The van der Waals surface area contributed by atoms with Gasteiger partial charge in [0.05, 0.1) is 5.75 Å². The lowest BCUT2D eigenvalue weighted by atomic mass is 10.0. The highest BCUT2D eigenvalue weighted by Gasteiger charge is 2.25. The van der Waals surface area contributed by atoms with E-state index in [9.17, 15) is 13.2 Å². The van der Waals surface area contributed by atoms with Gasteiger partial charge in [-0.05, 0) is 31.8 Å². The summed E-state index contributed by atoms with van der Waals surface area (Å²) in [6, 6.07) is 0. The summed E-state index contributed by atoms with van der Waals surface area (Å²) in [4.78, 5) is 10.5. The number of amides is 1. The van der Waals surface area contributed by atoms with Crippen LogP contribution in [0.4, 0.5) is 4.79 Å². The first kappa shape index (κ1) is 10.5. The second kappa shape index (κ2) is 4.06. The normalized spacial score (nSPS) is 20.0. The van der Waals surface area contributed by atoms with E-state index < -0.39 is 15.1 Å². The van der Waals surface area contributed by atoms with Crippen molar-refractivity contribution in [3.8, 4) is 0 Å². The van der Waals surface area contributed by atoms with Gasteiger partial charge >= 0.3 is 5.24 Å². The predicted octanol–water partition coefficient (Wildman–Crippen LogP) is -0.520. The molecule has 1 aliphatic heterocycles. The van der Waals surface area contributed by atoms with Crippen LogP contribution >= 0.6 is 0 Å². The summed E-state index contributed by atoms with van der Waals surface area (Å²) in [5.41, 5.74) is 4.74. The van der Waals surface area contributed by atoms with Crippen LogP contribution in [0.1, 0.15) is 12.8 Å². The van der Waals surface area contributed by atoms with Crippen LogP contribution in [-0.4, -0.2) is 32.5 Å². The number of hydrogen-bond donors (Lipinski definition) is 2. The quantitative estimate of drug-likeness (QED) is 0.636. The Morgan fingerprint density at radius 2 is 1.92 bits per heavy atom. The lowest BCUT2D eigenvalue weighted by Crippen LogP contribution is -2.34. The highest BCUT2D eigenvalue weighted by Crippen LogP contribution is 2.14. The average Bonchev–Trinajstić information content (AvgIpc) is 2.05. The molecule has 1 amide bonds. The van der Waals surface area contributed by atoms with Crippen molar-refractivity contribution in [2.75, 3.05) is 18.8 Å². The number of nitrogens with one attached hydrogen (secondary N) is 1. The van der Waals surface area contributed by atoms with Crippen LogP contribution in [0.3, 0.4) is 0 Å². The summed E-state index contributed by atoms with van der Waals surface area (Å²) in [6.07, 6.45) is 1.60. The first-order chi connectivity index (χ1) is 6.02. The molecule has 76 valence electrons. The van der Waals surface area contributed by atoms with Crippen molar-refractivity contribution in [3.05, 3.63) is 0 Å². The van der Waals surface area contributed by atoms with Crippen molar-refractivity contribution in [1.29, 1.82) is 0 Å². The molecule has 0 unspecified atom stereocenters. The van der Waals surface area contributed by atoms with E-state index in [2.05, 4.69) is 5.32 Å². The summed E-state index contributed by atoms with van der Waals surface area (Å²) in [7, 11) is -3.69. The molecule has 0 atom stereocenters. The summed E-state index contributed by atoms with van der Waals surface area (Å²) in [5.74, 6) is -0.0111. The SMILES string of the molecule is NC(=O)S(=O)(=O)CC1CCNCC1. The third-order valence-corrected chi connectivity index (χ3v) is 3.74. The summed E-state index contributed by atoms with van der Waals surface area (Å²) >= 11 is 0. The Morgan fingerprint density at radius 3 is 2.38 bits per heavy atom. The van der Waals surface area contributed by atoms with E-state index in [0.29, 0.717) is 0 Å². The Labute approximate surface area is 77.6 Å². The molecule has 1 heterocycles. The van der Waals surface area contributed by atoms with Gasteiger partial charge in [-0.3, -0.25) is 4.79 Å². The Hall–Kier alpha value is -0.620. The van der Waals surface area contributed by atoms with Gasteiger partial charge in [0.25, 0.3) is 0 Å². The van der Waals surface area contributed by atoms with Crippen molar-refractivity contribution in [3.63, 3.8) is 0 Å². The minimum atomic E-state index is -3.69. The van der Waals surface area contributed by atoms with Crippen LogP contribution in [0.25, 0.3) is 0 Å². The third-order valence-electron chi connectivity index (χ3n) is 2.22. The van der Waals surface area contributed by atoms with Crippen molar-refractivity contribution < 1.29 is 13.2 Å². The number of rotatable bonds is 2. The maximum Gasteiger partial charge on any atom is 0.333 e. The molecule has 13 heavy (non-hydrogen) atoms. The maximum atomic E-state index is 11.1. The third kappa shape index (κ3) is 2.96. The second-order valence-electron chi connectivity index (χ2n) is 3.29. The van der Waals surface area contributed by atoms with E-state index in [1.807, 2.05) is 0 Å². The number of piperidine rings is 1. The molecule has 6 heteroatoms. The molecule has 1 rings (SSSR count). The fourth-order valence-electron chi connectivity index (χ4n) is 1.44. The number of carbonyl (C=O) groups is 1. The van der Waals surface area contributed by atoms with E-state index in [1.54, 1.807) is 0 Å². The topological polar surface area (TPSA) is 89.3 Å². The molecule has 0 aromatic heterocycles. The molecule has 0 aromatic rings. The zero-order chi connectivity index (χ0) is 9.90. The first-order valence-electron chi connectivity index (χ1n) is 4.25. The van der Waals surface area contributed by atoms with Gasteiger partial charge in [-0.25, -0.2) is 8.42 Å². The monoisotopic (exact) mass is 206 g/mol. The zero-order valence-corrected chi connectivity index (χ0v) is 8.14. The largest absolute Gasteiger partial charge is 0.356 e. The molecule has 0 saturated carbocycles. The molecule has 0 spiro atoms. The van der Waals surface area contributed by atoms with E-state index in [0.717, 1.165) is 25.9 Å². The number of nitrogens with two attached hydrogens (primary N) is 1. The van der Waals surface area contributed by atoms with Gasteiger partial charge in [0.15, 0.2) is 0 Å². The van der Waals surface area contributed by atoms with Gasteiger partial charge in [0, 0.05) is 0 Å². The average molecular weight is 206 g/mol. The van der Waals surface area contributed by atoms with Crippen LogP contribution < -0.4 is 11.1 Å². The van der Waals surface area contributed by atoms with Crippen molar-refractivity contribution in [2.45, 2.75) is 12.8 Å². The van der Waals surface area contributed by atoms with E-state index in [4.69, 9.17) is 5.73 Å². The van der Waals surface area contributed by atoms with Gasteiger partial charge in [0.1, 0.15) is 0 Å². The number of hydrogen-bond acceptors (Lipinski definition) is 4. The highest BCUT2D eigenvalue weighted by atomic mass is 32.2. The van der Waals surface area contributed by atoms with Crippen LogP contribution in [0.15, 0.2) is 0 Å². The molecule has 0 aromatic carbocycles. The van der Waals surface area contributed by atoms with Crippen molar-refractivity contribution in [1.82, 2.24) is 5.32 Å². The molecule has 0 bridgehead atoms. The zero-order valence-electron chi connectivity index (χ0n) is 7.32. The second-order valence-corrected chi connectivity index (χ2v) is 5.26. The minimum Gasteiger partial charge on any atom is -0.356 e. The van der Waals surface area contributed by atoms with E-state index in [1.165, 1.54) is 0 Å². The highest BCUT2D eigenvalue weighted by molar-refractivity contribution is 8.05. The summed E-state index contributed by atoms with van der Waals surface area (Å²) < 4.78 is 22.2. The van der Waals surface area contributed by atoms with Gasteiger partial charge in [0.2, 0.25) is 9.84 Å². The Bertz CT molecular complexity index is 280. The molecular formula is C7H14N2O3S. The molecule has 0 aliphatic carbocycles. The van der Waals surface area contributed by atoms with Crippen LogP contribution in [0.5, 0.6) is 0 Å². The van der Waals surface area contributed by atoms with E-state index >= 15 is 0 Å². The Kier molecular flexibility index (Phi) is 3.27. The van der Waals surface area contributed by atoms with Crippen LogP contribution in [-0.2, 0) is 9.84 Å². The standard InChI is InChI=1S/C7H14N2O3S/c8-7(10)13(11,12)5-6-1-3-9-4-2-6/h6,9H,1-5H2,(H2,8,10). The van der Waals surface area contributed by atoms with Gasteiger partial charge in [-0.1, -0.05) is 0 Å². The molecule has 5 nitrogen and oxygen atoms in total. The fraction of sp³-hybridized carbons (Fsp3) is 0.857.